The van der Waals surface area contributed by atoms with Gasteiger partial charge in [-0.3, -0.25) is 4.79 Å². The highest BCUT2D eigenvalue weighted by Gasteiger charge is 2.20. The molecule has 0 saturated carbocycles. The number of rotatable bonds is 4. The maximum atomic E-state index is 11.3. The van der Waals surface area contributed by atoms with Crippen LogP contribution in [0.3, 0.4) is 0 Å². The van der Waals surface area contributed by atoms with E-state index in [1.807, 2.05) is 0 Å². The molecule has 1 atom stereocenters. The molecule has 3 N–H and O–H groups in total. The second-order valence-electron chi connectivity index (χ2n) is 3.32. The number of furan rings is 1. The van der Waals surface area contributed by atoms with Gasteiger partial charge in [0.05, 0.1) is 12.9 Å². The van der Waals surface area contributed by atoms with Gasteiger partial charge in [0.2, 0.25) is 0 Å². The van der Waals surface area contributed by atoms with Gasteiger partial charge >= 0.3 is 0 Å². The molecule has 0 fully saturated rings. The SMILES string of the molecule is CC(O)(CO)CNC(=O)c1ccco1. The van der Waals surface area contributed by atoms with Crippen LogP contribution < -0.4 is 5.32 Å². The van der Waals surface area contributed by atoms with Gasteiger partial charge in [0, 0.05) is 6.54 Å². The summed E-state index contributed by atoms with van der Waals surface area (Å²) in [6.07, 6.45) is 1.39. The Labute approximate surface area is 81.4 Å². The van der Waals surface area contributed by atoms with Gasteiger partial charge in [0.25, 0.3) is 5.91 Å². The molecule has 0 aromatic carbocycles. The summed E-state index contributed by atoms with van der Waals surface area (Å²) in [4.78, 5) is 11.3. The summed E-state index contributed by atoms with van der Waals surface area (Å²) in [6, 6.07) is 3.11. The molecule has 0 aliphatic heterocycles. The third-order valence-corrected chi connectivity index (χ3v) is 1.72. The van der Waals surface area contributed by atoms with Crippen molar-refractivity contribution in [2.24, 2.45) is 0 Å². The maximum Gasteiger partial charge on any atom is 0.287 e. The molecule has 1 aromatic heterocycles. The fourth-order valence-electron chi connectivity index (χ4n) is 0.821. The Kier molecular flexibility index (Phi) is 3.27. The highest BCUT2D eigenvalue weighted by Crippen LogP contribution is 2.02. The van der Waals surface area contributed by atoms with Crippen LogP contribution in [0.2, 0.25) is 0 Å². The van der Waals surface area contributed by atoms with Crippen molar-refractivity contribution in [3.63, 3.8) is 0 Å². The summed E-state index contributed by atoms with van der Waals surface area (Å²) in [5, 5.41) is 20.5. The van der Waals surface area contributed by atoms with E-state index in [1.54, 1.807) is 6.07 Å². The van der Waals surface area contributed by atoms with E-state index in [0.29, 0.717) is 0 Å². The minimum absolute atomic E-state index is 0.0248. The molecule has 1 heterocycles. The number of hydrogen-bond acceptors (Lipinski definition) is 4. The van der Waals surface area contributed by atoms with Crippen molar-refractivity contribution < 1.29 is 19.4 Å². The third kappa shape index (κ3) is 2.86. The lowest BCUT2D eigenvalue weighted by Gasteiger charge is -2.19. The molecule has 5 heteroatoms. The Balaban J connectivity index is 2.43. The second-order valence-corrected chi connectivity index (χ2v) is 3.32. The predicted octanol–water partition coefficient (Wildman–Crippen LogP) is -0.247. The molecule has 0 spiro atoms. The molecule has 0 saturated heterocycles. The summed E-state index contributed by atoms with van der Waals surface area (Å²) in [7, 11) is 0. The highest BCUT2D eigenvalue weighted by molar-refractivity contribution is 5.91. The quantitative estimate of drug-likeness (QED) is 0.624. The molecule has 1 aromatic rings. The van der Waals surface area contributed by atoms with Crippen molar-refractivity contribution in [1.29, 1.82) is 0 Å². The first-order chi connectivity index (χ1) is 6.55. The summed E-state index contributed by atoms with van der Waals surface area (Å²) >= 11 is 0. The average molecular weight is 199 g/mol. The van der Waals surface area contributed by atoms with Gasteiger partial charge in [-0.05, 0) is 19.1 Å². The topological polar surface area (TPSA) is 82.7 Å². The Morgan fingerprint density at radius 2 is 2.43 bits per heavy atom. The third-order valence-electron chi connectivity index (χ3n) is 1.72. The summed E-state index contributed by atoms with van der Waals surface area (Å²) in [6.45, 7) is 0.990. The smallest absolute Gasteiger partial charge is 0.287 e. The summed E-state index contributed by atoms with van der Waals surface area (Å²) in [5.41, 5.74) is -1.30. The van der Waals surface area contributed by atoms with E-state index >= 15 is 0 Å². The zero-order valence-corrected chi connectivity index (χ0v) is 7.86. The Morgan fingerprint density at radius 1 is 1.71 bits per heavy atom. The van der Waals surface area contributed by atoms with E-state index in [-0.39, 0.29) is 12.3 Å². The number of aliphatic hydroxyl groups excluding tert-OH is 1. The Morgan fingerprint density at radius 3 is 2.93 bits per heavy atom. The van der Waals surface area contributed by atoms with Gasteiger partial charge < -0.3 is 19.9 Å². The van der Waals surface area contributed by atoms with Crippen LogP contribution >= 0.6 is 0 Å². The minimum atomic E-state index is -1.30. The number of carbonyl (C=O) groups excluding carboxylic acids is 1. The average Bonchev–Trinajstić information content (AvgIpc) is 2.67. The van der Waals surface area contributed by atoms with Gasteiger partial charge in [0.15, 0.2) is 5.76 Å². The monoisotopic (exact) mass is 199 g/mol. The molecule has 1 amide bonds. The van der Waals surface area contributed by atoms with Crippen LogP contribution in [-0.2, 0) is 0 Å². The molecule has 1 rings (SSSR count). The Hall–Kier alpha value is -1.33. The van der Waals surface area contributed by atoms with Crippen molar-refractivity contribution in [2.75, 3.05) is 13.2 Å². The molecule has 0 aliphatic rings. The normalized spacial score (nSPS) is 14.8. The summed E-state index contributed by atoms with van der Waals surface area (Å²) < 4.78 is 4.84. The van der Waals surface area contributed by atoms with Gasteiger partial charge in [-0.1, -0.05) is 0 Å². The van der Waals surface area contributed by atoms with Gasteiger partial charge in [-0.25, -0.2) is 0 Å². The molecule has 0 aliphatic carbocycles. The first-order valence-corrected chi connectivity index (χ1v) is 4.20. The van der Waals surface area contributed by atoms with Crippen LogP contribution in [0, 0.1) is 0 Å². The van der Waals surface area contributed by atoms with Crippen LogP contribution in [0.5, 0.6) is 0 Å². The maximum absolute atomic E-state index is 11.3. The van der Waals surface area contributed by atoms with E-state index in [1.165, 1.54) is 19.3 Å². The molecule has 1 unspecified atom stereocenters. The van der Waals surface area contributed by atoms with E-state index in [0.717, 1.165) is 0 Å². The number of carbonyl (C=O) groups is 1. The van der Waals surface area contributed by atoms with Crippen molar-refractivity contribution in [3.05, 3.63) is 24.2 Å². The van der Waals surface area contributed by atoms with Crippen molar-refractivity contribution in [2.45, 2.75) is 12.5 Å². The molecule has 14 heavy (non-hydrogen) atoms. The number of hydrogen-bond donors (Lipinski definition) is 3. The fourth-order valence-corrected chi connectivity index (χ4v) is 0.821. The molecular weight excluding hydrogens is 186 g/mol. The second kappa shape index (κ2) is 4.26. The van der Waals surface area contributed by atoms with Crippen molar-refractivity contribution >= 4 is 5.91 Å². The van der Waals surface area contributed by atoms with Gasteiger partial charge in [-0.15, -0.1) is 0 Å². The first kappa shape index (κ1) is 10.7. The summed E-state index contributed by atoms with van der Waals surface area (Å²) in [5.74, 6) is -0.234. The van der Waals surface area contributed by atoms with E-state index in [4.69, 9.17) is 9.52 Å². The fraction of sp³-hybridized carbons (Fsp3) is 0.444. The number of aliphatic hydroxyl groups is 2. The Bertz CT molecular complexity index is 292. The van der Waals surface area contributed by atoms with Crippen LogP contribution in [0.25, 0.3) is 0 Å². The lowest BCUT2D eigenvalue weighted by Crippen LogP contribution is -2.43. The molecule has 0 radical (unpaired) electrons. The highest BCUT2D eigenvalue weighted by atomic mass is 16.3. The van der Waals surface area contributed by atoms with Crippen molar-refractivity contribution in [3.8, 4) is 0 Å². The van der Waals surface area contributed by atoms with Crippen LogP contribution in [0.1, 0.15) is 17.5 Å². The van der Waals surface area contributed by atoms with Gasteiger partial charge in [-0.2, -0.15) is 0 Å². The molecular formula is C9H13NO4. The van der Waals surface area contributed by atoms with Gasteiger partial charge in [0.1, 0.15) is 5.60 Å². The van der Waals surface area contributed by atoms with Crippen LogP contribution in [0.15, 0.2) is 22.8 Å². The minimum Gasteiger partial charge on any atom is -0.459 e. The number of amides is 1. The van der Waals surface area contributed by atoms with E-state index in [9.17, 15) is 9.90 Å². The van der Waals surface area contributed by atoms with E-state index in [2.05, 4.69) is 5.32 Å². The zero-order valence-electron chi connectivity index (χ0n) is 7.86. The van der Waals surface area contributed by atoms with E-state index < -0.39 is 18.1 Å². The molecule has 5 nitrogen and oxygen atoms in total. The lowest BCUT2D eigenvalue weighted by molar-refractivity contribution is 0.00300. The van der Waals surface area contributed by atoms with Crippen molar-refractivity contribution in [1.82, 2.24) is 5.32 Å². The van der Waals surface area contributed by atoms with Crippen LogP contribution in [0.4, 0.5) is 0 Å². The van der Waals surface area contributed by atoms with Crippen LogP contribution in [-0.4, -0.2) is 34.9 Å². The molecule has 78 valence electrons. The standard InChI is InChI=1S/C9H13NO4/c1-9(13,6-11)5-10-8(12)7-3-2-4-14-7/h2-4,11,13H,5-6H2,1H3,(H,10,12). The largest absolute Gasteiger partial charge is 0.459 e. The number of nitrogens with one attached hydrogen (secondary N) is 1. The first-order valence-electron chi connectivity index (χ1n) is 4.20. The predicted molar refractivity (Wildman–Crippen MR) is 48.8 cm³/mol. The zero-order chi connectivity index (χ0) is 10.6. The molecule has 0 bridgehead atoms. The lowest BCUT2D eigenvalue weighted by atomic mass is 10.1.